The molecule has 0 atom stereocenters. The average molecular weight is 301 g/mol. The standard InChI is InChI=1S/C16H19N3O3/c1-10(2)22-12-7-5-11(6-8-12)14-17-9-13(16(20)21)15(18-14)19(3)4/h5-10H,1-4H3,(H,20,21). The van der Waals surface area contributed by atoms with Crippen LogP contribution in [0.15, 0.2) is 30.5 Å². The minimum absolute atomic E-state index is 0.0773. The molecule has 6 heteroatoms. The monoisotopic (exact) mass is 301 g/mol. The van der Waals surface area contributed by atoms with Crippen molar-refractivity contribution in [3.05, 3.63) is 36.0 Å². The van der Waals surface area contributed by atoms with E-state index in [2.05, 4.69) is 9.97 Å². The van der Waals surface area contributed by atoms with Gasteiger partial charge in [0.05, 0.1) is 6.10 Å². The summed E-state index contributed by atoms with van der Waals surface area (Å²) in [5.74, 6) is 0.578. The van der Waals surface area contributed by atoms with Crippen LogP contribution in [-0.2, 0) is 0 Å². The molecule has 22 heavy (non-hydrogen) atoms. The van der Waals surface area contributed by atoms with E-state index in [1.807, 2.05) is 38.1 Å². The first-order valence-corrected chi connectivity index (χ1v) is 6.93. The van der Waals surface area contributed by atoms with Gasteiger partial charge in [-0.05, 0) is 38.1 Å². The lowest BCUT2D eigenvalue weighted by atomic mass is 10.2. The van der Waals surface area contributed by atoms with Gasteiger partial charge in [-0.3, -0.25) is 0 Å². The largest absolute Gasteiger partial charge is 0.491 e. The number of carboxylic acid groups (broad SMARTS) is 1. The quantitative estimate of drug-likeness (QED) is 0.915. The third-order valence-electron chi connectivity index (χ3n) is 2.91. The molecule has 0 aliphatic heterocycles. The smallest absolute Gasteiger partial charge is 0.341 e. The Hall–Kier alpha value is -2.63. The van der Waals surface area contributed by atoms with Gasteiger partial charge in [0.25, 0.3) is 0 Å². The van der Waals surface area contributed by atoms with Crippen LogP contribution in [0.3, 0.4) is 0 Å². The number of ether oxygens (including phenoxy) is 1. The van der Waals surface area contributed by atoms with E-state index in [0.717, 1.165) is 11.3 Å². The highest BCUT2D eigenvalue weighted by Crippen LogP contribution is 2.23. The van der Waals surface area contributed by atoms with E-state index in [1.165, 1.54) is 6.20 Å². The molecule has 1 aromatic heterocycles. The molecule has 1 N–H and O–H groups in total. The van der Waals surface area contributed by atoms with E-state index in [-0.39, 0.29) is 11.7 Å². The first-order valence-electron chi connectivity index (χ1n) is 6.93. The van der Waals surface area contributed by atoms with Crippen LogP contribution in [0.1, 0.15) is 24.2 Å². The van der Waals surface area contributed by atoms with Crippen LogP contribution in [-0.4, -0.2) is 41.2 Å². The van der Waals surface area contributed by atoms with Gasteiger partial charge in [0.2, 0.25) is 0 Å². The molecule has 1 heterocycles. The van der Waals surface area contributed by atoms with Crippen molar-refractivity contribution in [1.29, 1.82) is 0 Å². The van der Waals surface area contributed by atoms with Crippen LogP contribution in [0.2, 0.25) is 0 Å². The molecule has 0 fully saturated rings. The Labute approximate surface area is 129 Å². The molecule has 0 aliphatic carbocycles. The molecular formula is C16H19N3O3. The number of aromatic carboxylic acids is 1. The number of hydrogen-bond acceptors (Lipinski definition) is 5. The number of carboxylic acids is 1. The fourth-order valence-electron chi connectivity index (χ4n) is 1.96. The summed E-state index contributed by atoms with van der Waals surface area (Å²) < 4.78 is 5.59. The van der Waals surface area contributed by atoms with Crippen molar-refractivity contribution >= 4 is 11.8 Å². The average Bonchev–Trinajstić information content (AvgIpc) is 2.46. The minimum Gasteiger partial charge on any atom is -0.491 e. The van der Waals surface area contributed by atoms with E-state index in [1.54, 1.807) is 19.0 Å². The van der Waals surface area contributed by atoms with Gasteiger partial charge in [0, 0.05) is 25.9 Å². The van der Waals surface area contributed by atoms with Crippen LogP contribution in [0.5, 0.6) is 5.75 Å². The zero-order valence-corrected chi connectivity index (χ0v) is 13.1. The lowest BCUT2D eigenvalue weighted by Gasteiger charge is -2.15. The van der Waals surface area contributed by atoms with Gasteiger partial charge >= 0.3 is 5.97 Å². The Morgan fingerprint density at radius 3 is 2.36 bits per heavy atom. The second-order valence-electron chi connectivity index (χ2n) is 5.32. The molecule has 116 valence electrons. The number of anilines is 1. The SMILES string of the molecule is CC(C)Oc1ccc(-c2ncc(C(=O)O)c(N(C)C)n2)cc1. The first-order chi connectivity index (χ1) is 10.4. The summed E-state index contributed by atoms with van der Waals surface area (Å²) in [6.07, 6.45) is 1.44. The molecule has 0 saturated carbocycles. The summed E-state index contributed by atoms with van der Waals surface area (Å²) in [6, 6.07) is 7.40. The van der Waals surface area contributed by atoms with Crippen LogP contribution >= 0.6 is 0 Å². The highest BCUT2D eigenvalue weighted by Gasteiger charge is 2.16. The van der Waals surface area contributed by atoms with Crippen molar-refractivity contribution in [1.82, 2.24) is 9.97 Å². The fourth-order valence-corrected chi connectivity index (χ4v) is 1.96. The van der Waals surface area contributed by atoms with Crippen LogP contribution < -0.4 is 9.64 Å². The zero-order chi connectivity index (χ0) is 16.3. The lowest BCUT2D eigenvalue weighted by molar-refractivity contribution is 0.0697. The van der Waals surface area contributed by atoms with Crippen LogP contribution in [0, 0.1) is 0 Å². The van der Waals surface area contributed by atoms with Gasteiger partial charge in [0.1, 0.15) is 17.1 Å². The zero-order valence-electron chi connectivity index (χ0n) is 13.1. The number of nitrogens with zero attached hydrogens (tertiary/aromatic N) is 3. The molecule has 2 aromatic rings. The van der Waals surface area contributed by atoms with E-state index in [0.29, 0.717) is 11.6 Å². The number of rotatable bonds is 5. The third kappa shape index (κ3) is 3.52. The maximum Gasteiger partial charge on any atom is 0.341 e. The van der Waals surface area contributed by atoms with E-state index >= 15 is 0 Å². The highest BCUT2D eigenvalue weighted by molar-refractivity contribution is 5.93. The summed E-state index contributed by atoms with van der Waals surface area (Å²) in [5.41, 5.74) is 0.879. The summed E-state index contributed by atoms with van der Waals surface area (Å²) in [6.45, 7) is 3.93. The first kappa shape index (κ1) is 15.8. The molecule has 0 bridgehead atoms. The summed E-state index contributed by atoms with van der Waals surface area (Å²) >= 11 is 0. The Morgan fingerprint density at radius 1 is 1.23 bits per heavy atom. The van der Waals surface area contributed by atoms with Gasteiger partial charge in [0.15, 0.2) is 5.82 Å². The number of carbonyl (C=O) groups is 1. The van der Waals surface area contributed by atoms with Crippen molar-refractivity contribution in [2.75, 3.05) is 19.0 Å². The van der Waals surface area contributed by atoms with E-state index in [4.69, 9.17) is 4.74 Å². The third-order valence-corrected chi connectivity index (χ3v) is 2.91. The molecular weight excluding hydrogens is 282 g/mol. The number of aromatic nitrogens is 2. The number of hydrogen-bond donors (Lipinski definition) is 1. The van der Waals surface area contributed by atoms with Gasteiger partial charge in [-0.2, -0.15) is 0 Å². The Kier molecular flexibility index (Phi) is 4.60. The number of benzene rings is 1. The van der Waals surface area contributed by atoms with Gasteiger partial charge in [-0.25, -0.2) is 14.8 Å². The Bertz CT molecular complexity index is 667. The highest BCUT2D eigenvalue weighted by atomic mass is 16.5. The molecule has 0 spiro atoms. The summed E-state index contributed by atoms with van der Waals surface area (Å²) in [5, 5.41) is 9.17. The van der Waals surface area contributed by atoms with Crippen molar-refractivity contribution < 1.29 is 14.6 Å². The predicted molar refractivity (Wildman–Crippen MR) is 84.5 cm³/mol. The van der Waals surface area contributed by atoms with E-state index < -0.39 is 5.97 Å². The maximum absolute atomic E-state index is 11.2. The second kappa shape index (κ2) is 6.43. The maximum atomic E-state index is 11.2. The van der Waals surface area contributed by atoms with Gasteiger partial charge in [-0.1, -0.05) is 0 Å². The Morgan fingerprint density at radius 2 is 1.86 bits per heavy atom. The topological polar surface area (TPSA) is 75.6 Å². The van der Waals surface area contributed by atoms with E-state index in [9.17, 15) is 9.90 Å². The van der Waals surface area contributed by atoms with Crippen molar-refractivity contribution in [3.63, 3.8) is 0 Å². The van der Waals surface area contributed by atoms with Gasteiger partial charge < -0.3 is 14.7 Å². The second-order valence-corrected chi connectivity index (χ2v) is 5.32. The molecule has 0 aliphatic rings. The fraction of sp³-hybridized carbons (Fsp3) is 0.312. The molecule has 6 nitrogen and oxygen atoms in total. The summed E-state index contributed by atoms with van der Waals surface area (Å²) in [4.78, 5) is 21.3. The van der Waals surface area contributed by atoms with Crippen LogP contribution in [0.4, 0.5) is 5.82 Å². The normalized spacial score (nSPS) is 10.6. The lowest BCUT2D eigenvalue weighted by Crippen LogP contribution is -2.16. The predicted octanol–water partition coefficient (Wildman–Crippen LogP) is 2.70. The summed E-state index contributed by atoms with van der Waals surface area (Å²) in [7, 11) is 3.50. The molecule has 0 unspecified atom stereocenters. The van der Waals surface area contributed by atoms with Crippen LogP contribution in [0.25, 0.3) is 11.4 Å². The Balaban J connectivity index is 2.36. The molecule has 1 aromatic carbocycles. The van der Waals surface area contributed by atoms with Crippen molar-refractivity contribution in [2.24, 2.45) is 0 Å². The van der Waals surface area contributed by atoms with Gasteiger partial charge in [-0.15, -0.1) is 0 Å². The molecule has 0 radical (unpaired) electrons. The molecule has 0 saturated heterocycles. The van der Waals surface area contributed by atoms with Crippen molar-refractivity contribution in [3.8, 4) is 17.1 Å². The minimum atomic E-state index is -1.05. The molecule has 2 rings (SSSR count). The molecule has 0 amide bonds. The van der Waals surface area contributed by atoms with Crippen molar-refractivity contribution in [2.45, 2.75) is 20.0 Å².